The van der Waals surface area contributed by atoms with Crippen LogP contribution in [-0.4, -0.2) is 43.9 Å². The van der Waals surface area contributed by atoms with Crippen LogP contribution in [0.2, 0.25) is 0 Å². The first-order valence-corrected chi connectivity index (χ1v) is 7.38. The summed E-state index contributed by atoms with van der Waals surface area (Å²) in [6.45, 7) is 2.54. The van der Waals surface area contributed by atoms with Crippen molar-refractivity contribution in [1.29, 1.82) is 0 Å². The lowest BCUT2D eigenvalue weighted by molar-refractivity contribution is -0.137. The number of anilines is 1. The number of aromatic nitrogens is 2. The smallest absolute Gasteiger partial charge is 0.325 e. The van der Waals surface area contributed by atoms with Crippen molar-refractivity contribution in [2.75, 3.05) is 17.6 Å². The Labute approximate surface area is 121 Å². The van der Waals surface area contributed by atoms with Gasteiger partial charge in [-0.3, -0.25) is 9.48 Å². The summed E-state index contributed by atoms with van der Waals surface area (Å²) >= 11 is 1.88. The molecule has 1 unspecified atom stereocenters. The number of rotatable bonds is 5. The van der Waals surface area contributed by atoms with E-state index in [1.165, 1.54) is 23.5 Å². The van der Waals surface area contributed by atoms with Gasteiger partial charge in [0.05, 0.1) is 11.9 Å². The molecular weight excluding hydrogens is 280 g/mol. The van der Waals surface area contributed by atoms with Crippen LogP contribution in [0.4, 0.5) is 10.5 Å². The van der Waals surface area contributed by atoms with Crippen molar-refractivity contribution in [2.24, 2.45) is 0 Å². The van der Waals surface area contributed by atoms with E-state index < -0.39 is 5.97 Å². The largest absolute Gasteiger partial charge is 0.480 e. The van der Waals surface area contributed by atoms with E-state index in [4.69, 9.17) is 5.11 Å². The minimum atomic E-state index is -0.977. The summed E-state index contributed by atoms with van der Waals surface area (Å²) in [7, 11) is 0. The standard InChI is InChI=1S/C12H18N4O3S/c1-12(3-2-4-20-12)8-13-11(19)15-9-5-14-16(6-9)7-10(17)18/h5-6H,2-4,7-8H2,1H3,(H,17,18)(H2,13,15,19). The summed E-state index contributed by atoms with van der Waals surface area (Å²) in [6.07, 6.45) is 5.20. The molecule has 3 N–H and O–H groups in total. The molecule has 1 fully saturated rings. The zero-order valence-electron chi connectivity index (χ0n) is 11.3. The number of thioether (sulfide) groups is 1. The lowest BCUT2D eigenvalue weighted by Crippen LogP contribution is -2.39. The van der Waals surface area contributed by atoms with Gasteiger partial charge in [0.2, 0.25) is 0 Å². The number of amides is 2. The van der Waals surface area contributed by atoms with Crippen LogP contribution in [0.25, 0.3) is 0 Å². The molecule has 1 aromatic rings. The highest BCUT2D eigenvalue weighted by Crippen LogP contribution is 2.36. The fourth-order valence-electron chi connectivity index (χ4n) is 2.07. The fraction of sp³-hybridized carbons (Fsp3) is 0.583. The number of carboxylic acid groups (broad SMARTS) is 1. The Morgan fingerprint density at radius 1 is 1.60 bits per heavy atom. The first-order chi connectivity index (χ1) is 9.47. The zero-order valence-corrected chi connectivity index (χ0v) is 12.1. The van der Waals surface area contributed by atoms with Crippen molar-refractivity contribution in [2.45, 2.75) is 31.1 Å². The molecule has 1 aromatic heterocycles. The molecule has 0 bridgehead atoms. The molecule has 8 heteroatoms. The summed E-state index contributed by atoms with van der Waals surface area (Å²) in [6, 6.07) is -0.298. The van der Waals surface area contributed by atoms with Gasteiger partial charge in [-0.2, -0.15) is 16.9 Å². The van der Waals surface area contributed by atoms with Crippen LogP contribution in [0.1, 0.15) is 19.8 Å². The zero-order chi connectivity index (χ0) is 14.6. The molecule has 0 aromatic carbocycles. The number of aliphatic carboxylic acids is 1. The second kappa shape index (κ2) is 6.17. The summed E-state index contributed by atoms with van der Waals surface area (Å²) in [5, 5.41) is 18.0. The van der Waals surface area contributed by atoms with Gasteiger partial charge in [-0.05, 0) is 25.5 Å². The highest BCUT2D eigenvalue weighted by atomic mass is 32.2. The summed E-state index contributed by atoms with van der Waals surface area (Å²) < 4.78 is 1.37. The molecule has 2 rings (SSSR count). The van der Waals surface area contributed by atoms with Crippen molar-refractivity contribution in [1.82, 2.24) is 15.1 Å². The molecule has 1 saturated heterocycles. The van der Waals surface area contributed by atoms with Crippen molar-refractivity contribution in [3.8, 4) is 0 Å². The second-order valence-electron chi connectivity index (χ2n) is 5.03. The average Bonchev–Trinajstić information content (AvgIpc) is 2.97. The quantitative estimate of drug-likeness (QED) is 0.763. The monoisotopic (exact) mass is 298 g/mol. The van der Waals surface area contributed by atoms with Crippen LogP contribution >= 0.6 is 11.8 Å². The third-order valence-corrected chi connectivity index (χ3v) is 4.65. The normalized spacial score (nSPS) is 21.6. The maximum Gasteiger partial charge on any atom is 0.325 e. The number of carbonyl (C=O) groups excluding carboxylic acids is 1. The Hall–Kier alpha value is -1.70. The van der Waals surface area contributed by atoms with Gasteiger partial charge in [0, 0.05) is 17.5 Å². The molecule has 20 heavy (non-hydrogen) atoms. The molecular formula is C12H18N4O3S. The number of hydrogen-bond acceptors (Lipinski definition) is 4. The van der Waals surface area contributed by atoms with Gasteiger partial charge in [0.25, 0.3) is 0 Å². The van der Waals surface area contributed by atoms with Crippen molar-refractivity contribution in [3.05, 3.63) is 12.4 Å². The Bertz CT molecular complexity index is 497. The molecule has 1 atom stereocenters. The van der Waals surface area contributed by atoms with E-state index in [0.29, 0.717) is 12.2 Å². The van der Waals surface area contributed by atoms with Crippen LogP contribution in [-0.2, 0) is 11.3 Å². The molecule has 0 spiro atoms. The van der Waals surface area contributed by atoms with Gasteiger partial charge >= 0.3 is 12.0 Å². The van der Waals surface area contributed by atoms with E-state index in [2.05, 4.69) is 22.7 Å². The van der Waals surface area contributed by atoms with Gasteiger partial charge in [-0.15, -0.1) is 0 Å². The van der Waals surface area contributed by atoms with E-state index in [-0.39, 0.29) is 17.3 Å². The van der Waals surface area contributed by atoms with Crippen molar-refractivity contribution < 1.29 is 14.7 Å². The van der Waals surface area contributed by atoms with E-state index in [0.717, 1.165) is 12.2 Å². The Balaban J connectivity index is 1.79. The number of carboxylic acids is 1. The highest BCUT2D eigenvalue weighted by Gasteiger charge is 2.29. The second-order valence-corrected chi connectivity index (χ2v) is 6.71. The molecule has 0 radical (unpaired) electrons. The first kappa shape index (κ1) is 14.7. The predicted molar refractivity (Wildman–Crippen MR) is 77.0 cm³/mol. The van der Waals surface area contributed by atoms with Crippen molar-refractivity contribution in [3.63, 3.8) is 0 Å². The van der Waals surface area contributed by atoms with Crippen LogP contribution in [0.15, 0.2) is 12.4 Å². The SMILES string of the molecule is CC1(CNC(=O)Nc2cnn(CC(=O)O)c2)CCCS1. The minimum absolute atomic E-state index is 0.116. The lowest BCUT2D eigenvalue weighted by Gasteiger charge is -2.22. The lowest BCUT2D eigenvalue weighted by atomic mass is 10.1. The average molecular weight is 298 g/mol. The highest BCUT2D eigenvalue weighted by molar-refractivity contribution is 8.00. The van der Waals surface area contributed by atoms with Gasteiger partial charge in [-0.25, -0.2) is 4.79 Å². The van der Waals surface area contributed by atoms with Gasteiger partial charge in [-0.1, -0.05) is 0 Å². The number of urea groups is 1. The van der Waals surface area contributed by atoms with E-state index in [9.17, 15) is 9.59 Å². The first-order valence-electron chi connectivity index (χ1n) is 6.40. The number of hydrogen-bond donors (Lipinski definition) is 3. The van der Waals surface area contributed by atoms with E-state index >= 15 is 0 Å². The molecule has 1 aliphatic rings. The maximum absolute atomic E-state index is 11.8. The topological polar surface area (TPSA) is 96.3 Å². The third kappa shape index (κ3) is 4.16. The predicted octanol–water partition coefficient (Wildman–Crippen LogP) is 1.37. The summed E-state index contributed by atoms with van der Waals surface area (Å²) in [4.78, 5) is 22.3. The number of nitrogens with one attached hydrogen (secondary N) is 2. The van der Waals surface area contributed by atoms with Crippen LogP contribution in [0.3, 0.4) is 0 Å². The van der Waals surface area contributed by atoms with Crippen LogP contribution in [0, 0.1) is 0 Å². The maximum atomic E-state index is 11.8. The Morgan fingerprint density at radius 2 is 2.40 bits per heavy atom. The van der Waals surface area contributed by atoms with Crippen LogP contribution < -0.4 is 10.6 Å². The van der Waals surface area contributed by atoms with Crippen LogP contribution in [0.5, 0.6) is 0 Å². The molecule has 0 saturated carbocycles. The molecule has 7 nitrogen and oxygen atoms in total. The Morgan fingerprint density at radius 3 is 3.05 bits per heavy atom. The number of carbonyl (C=O) groups is 2. The minimum Gasteiger partial charge on any atom is -0.480 e. The number of nitrogens with zero attached hydrogens (tertiary/aromatic N) is 2. The van der Waals surface area contributed by atoms with Gasteiger partial charge < -0.3 is 15.7 Å². The van der Waals surface area contributed by atoms with Gasteiger partial charge in [0.15, 0.2) is 0 Å². The summed E-state index contributed by atoms with van der Waals surface area (Å²) in [5.74, 6) is 0.164. The third-order valence-electron chi connectivity index (χ3n) is 3.11. The van der Waals surface area contributed by atoms with Crippen molar-refractivity contribution >= 4 is 29.4 Å². The molecule has 2 amide bonds. The van der Waals surface area contributed by atoms with E-state index in [1.54, 1.807) is 0 Å². The molecule has 110 valence electrons. The fourth-order valence-corrected chi connectivity index (χ4v) is 3.32. The molecule has 1 aliphatic heterocycles. The van der Waals surface area contributed by atoms with E-state index in [1.807, 2.05) is 11.8 Å². The molecule has 0 aliphatic carbocycles. The van der Waals surface area contributed by atoms with Gasteiger partial charge in [0.1, 0.15) is 6.54 Å². The summed E-state index contributed by atoms with van der Waals surface area (Å²) in [5.41, 5.74) is 0.480. The Kier molecular flexibility index (Phi) is 4.53. The molecule has 2 heterocycles.